The van der Waals surface area contributed by atoms with E-state index < -0.39 is 0 Å². The van der Waals surface area contributed by atoms with Gasteiger partial charge in [0.15, 0.2) is 11.5 Å². The van der Waals surface area contributed by atoms with Crippen molar-refractivity contribution in [2.24, 2.45) is 0 Å². The summed E-state index contributed by atoms with van der Waals surface area (Å²) < 4.78 is 23.4. The zero-order chi connectivity index (χ0) is 18.6. The summed E-state index contributed by atoms with van der Waals surface area (Å²) in [4.78, 5) is 0. The van der Waals surface area contributed by atoms with Crippen molar-refractivity contribution >= 4 is 45.2 Å². The van der Waals surface area contributed by atoms with Gasteiger partial charge in [-0.05, 0) is 74.9 Å². The van der Waals surface area contributed by atoms with E-state index in [9.17, 15) is 0 Å². The highest BCUT2D eigenvalue weighted by molar-refractivity contribution is 14.1. The summed E-state index contributed by atoms with van der Waals surface area (Å²) in [6, 6.07) is 9.85. The molecule has 2 aromatic carbocycles. The predicted octanol–water partition coefficient (Wildman–Crippen LogP) is 5.63. The second-order valence-electron chi connectivity index (χ2n) is 6.38. The lowest BCUT2D eigenvalue weighted by molar-refractivity contribution is 0.173. The Morgan fingerprint density at radius 1 is 0.920 bits per heavy atom. The number of benzene rings is 2. The van der Waals surface area contributed by atoms with Crippen LogP contribution in [0.5, 0.6) is 23.0 Å². The van der Waals surface area contributed by atoms with E-state index in [0.29, 0.717) is 6.79 Å². The van der Waals surface area contributed by atoms with Crippen molar-refractivity contribution in [1.82, 2.24) is 0 Å². The van der Waals surface area contributed by atoms with Crippen LogP contribution in [0.4, 0.5) is 0 Å². The highest BCUT2D eigenvalue weighted by Gasteiger charge is 2.25. The summed E-state index contributed by atoms with van der Waals surface area (Å²) in [7, 11) is 3.39. The summed E-state index contributed by atoms with van der Waals surface area (Å²) in [5.41, 5.74) is 1.14. The zero-order valence-corrected chi connectivity index (χ0v) is 19.3. The molecule has 6 heteroatoms. The lowest BCUT2D eigenvalue weighted by atomic mass is 9.85. The molecule has 0 radical (unpaired) electrons. The molecule has 25 heavy (non-hydrogen) atoms. The van der Waals surface area contributed by atoms with Gasteiger partial charge < -0.3 is 18.9 Å². The smallest absolute Gasteiger partial charge is 0.231 e. The Morgan fingerprint density at radius 2 is 1.64 bits per heavy atom. The minimum Gasteiger partial charge on any atom is -0.496 e. The van der Waals surface area contributed by atoms with E-state index in [-0.39, 0.29) is 5.41 Å². The third-order valence-electron chi connectivity index (χ3n) is 3.59. The van der Waals surface area contributed by atoms with Gasteiger partial charge in [-0.1, -0.05) is 26.8 Å². The molecular weight excluding hydrogens is 546 g/mol. The number of rotatable bonds is 2. The van der Waals surface area contributed by atoms with Gasteiger partial charge in [0.1, 0.15) is 11.5 Å². The van der Waals surface area contributed by atoms with Gasteiger partial charge in [-0.15, -0.1) is 0 Å². The van der Waals surface area contributed by atoms with Crippen LogP contribution in [0.25, 0.3) is 0 Å². The first-order valence-electron chi connectivity index (χ1n) is 7.74. The number of hydrogen-bond acceptors (Lipinski definition) is 4. The van der Waals surface area contributed by atoms with E-state index in [0.717, 1.165) is 35.7 Å². The van der Waals surface area contributed by atoms with E-state index in [4.69, 9.17) is 18.9 Å². The minimum atomic E-state index is 0.0118. The molecule has 0 saturated heterocycles. The van der Waals surface area contributed by atoms with Crippen LogP contribution in [0, 0.1) is 7.14 Å². The normalized spacial score (nSPS) is 12.3. The summed E-state index contributed by atoms with van der Waals surface area (Å²) in [6.07, 6.45) is 0. The lowest BCUT2D eigenvalue weighted by Crippen LogP contribution is -2.15. The van der Waals surface area contributed by atoms with Crippen molar-refractivity contribution in [3.05, 3.63) is 43.0 Å². The molecular formula is C19H22I2O4. The molecule has 136 valence electrons. The van der Waals surface area contributed by atoms with Crippen molar-refractivity contribution in [2.75, 3.05) is 21.0 Å². The summed E-state index contributed by atoms with van der Waals surface area (Å²) in [5, 5.41) is 0. The molecule has 0 aromatic heterocycles. The van der Waals surface area contributed by atoms with Gasteiger partial charge in [0, 0.05) is 5.56 Å². The summed E-state index contributed by atoms with van der Waals surface area (Å²) >= 11 is 4.50. The van der Waals surface area contributed by atoms with Gasteiger partial charge in [0.2, 0.25) is 6.79 Å². The molecule has 0 bridgehead atoms. The van der Waals surface area contributed by atoms with E-state index in [1.54, 1.807) is 14.2 Å². The molecule has 0 N–H and O–H groups in total. The predicted molar refractivity (Wildman–Crippen MR) is 116 cm³/mol. The number of halogens is 2. The van der Waals surface area contributed by atoms with Crippen molar-refractivity contribution in [3.63, 3.8) is 0 Å². The Bertz CT molecular complexity index is 739. The third-order valence-corrected chi connectivity index (χ3v) is 5.29. The number of fused-ring (bicyclic) bond motifs is 1. The minimum absolute atomic E-state index is 0.0118. The van der Waals surface area contributed by atoms with Gasteiger partial charge in [0.05, 0.1) is 21.4 Å². The van der Waals surface area contributed by atoms with Crippen LogP contribution in [0.2, 0.25) is 0 Å². The zero-order valence-electron chi connectivity index (χ0n) is 15.0. The van der Waals surface area contributed by atoms with Gasteiger partial charge in [0.25, 0.3) is 0 Å². The van der Waals surface area contributed by atoms with E-state index in [1.165, 1.54) is 0 Å². The average Bonchev–Trinajstić information content (AvgIpc) is 3.04. The van der Waals surface area contributed by atoms with Crippen LogP contribution < -0.4 is 18.9 Å². The molecule has 0 amide bonds. The van der Waals surface area contributed by atoms with Crippen molar-refractivity contribution in [2.45, 2.75) is 26.2 Å². The molecule has 0 atom stereocenters. The molecule has 0 unspecified atom stereocenters. The number of methoxy groups -OCH3 is 2. The molecule has 2 aromatic rings. The van der Waals surface area contributed by atoms with Crippen molar-refractivity contribution in [1.29, 1.82) is 0 Å². The molecule has 3 rings (SSSR count). The van der Waals surface area contributed by atoms with Gasteiger partial charge >= 0.3 is 0 Å². The highest BCUT2D eigenvalue weighted by atomic mass is 127. The first-order chi connectivity index (χ1) is 11.8. The van der Waals surface area contributed by atoms with Crippen LogP contribution in [0.1, 0.15) is 26.3 Å². The number of ether oxygens (including phenoxy) is 4. The molecule has 1 aliphatic heterocycles. The van der Waals surface area contributed by atoms with E-state index in [1.807, 2.05) is 30.3 Å². The van der Waals surface area contributed by atoms with Gasteiger partial charge in [-0.25, -0.2) is 0 Å². The average molecular weight is 568 g/mol. The van der Waals surface area contributed by atoms with Gasteiger partial charge in [-0.2, -0.15) is 0 Å². The van der Waals surface area contributed by atoms with Crippen LogP contribution in [-0.4, -0.2) is 21.0 Å². The molecule has 0 aliphatic carbocycles. The standard InChI is InChI=1S/C12H17IO2.C7H5IO2/c1-12(2,3)10-9(14-4)7-6-8(13)11(10)15-5;8-5-2-1-3-6-7(5)10-4-9-6/h6-7H,1-5H3;1-3H,4H2. The second kappa shape index (κ2) is 8.66. The Hall–Kier alpha value is -0.900. The monoisotopic (exact) mass is 568 g/mol. The summed E-state index contributed by atoms with van der Waals surface area (Å²) in [5.74, 6) is 3.54. The van der Waals surface area contributed by atoms with Crippen molar-refractivity contribution < 1.29 is 18.9 Å². The molecule has 0 fully saturated rings. The first-order valence-corrected chi connectivity index (χ1v) is 9.90. The molecule has 1 heterocycles. The first kappa shape index (κ1) is 20.4. The van der Waals surface area contributed by atoms with Crippen LogP contribution in [0.3, 0.4) is 0 Å². The maximum absolute atomic E-state index is 5.46. The van der Waals surface area contributed by atoms with Crippen LogP contribution >= 0.6 is 45.2 Å². The fraction of sp³-hybridized carbons (Fsp3) is 0.368. The van der Waals surface area contributed by atoms with Crippen LogP contribution in [-0.2, 0) is 5.41 Å². The molecule has 1 aliphatic rings. The molecule has 0 saturated carbocycles. The maximum Gasteiger partial charge on any atom is 0.231 e. The highest BCUT2D eigenvalue weighted by Crippen LogP contribution is 2.41. The Balaban J connectivity index is 0.000000194. The number of para-hydroxylation sites is 1. The lowest BCUT2D eigenvalue weighted by Gasteiger charge is -2.25. The van der Waals surface area contributed by atoms with Crippen LogP contribution in [0.15, 0.2) is 30.3 Å². The quantitative estimate of drug-likeness (QED) is 0.441. The fourth-order valence-corrected chi connectivity index (χ4v) is 3.81. The number of hydrogen-bond donors (Lipinski definition) is 0. The Kier molecular flexibility index (Phi) is 7.07. The Labute approximate surface area is 176 Å². The van der Waals surface area contributed by atoms with Crippen molar-refractivity contribution in [3.8, 4) is 23.0 Å². The Morgan fingerprint density at radius 3 is 2.20 bits per heavy atom. The largest absolute Gasteiger partial charge is 0.496 e. The SMILES string of the molecule is COc1ccc(I)c(OC)c1C(C)(C)C.Ic1cccc2c1OCO2. The fourth-order valence-electron chi connectivity index (χ4n) is 2.51. The maximum atomic E-state index is 5.46. The van der Waals surface area contributed by atoms with E-state index in [2.05, 4.69) is 66.0 Å². The molecule has 4 nitrogen and oxygen atoms in total. The van der Waals surface area contributed by atoms with E-state index >= 15 is 0 Å². The topological polar surface area (TPSA) is 36.9 Å². The second-order valence-corrected chi connectivity index (χ2v) is 8.71. The summed E-state index contributed by atoms with van der Waals surface area (Å²) in [6.45, 7) is 6.83. The third kappa shape index (κ3) is 4.84. The van der Waals surface area contributed by atoms with Gasteiger partial charge in [-0.3, -0.25) is 0 Å². The molecule has 0 spiro atoms.